The number of carbonyl (C=O) groups is 1. The molecule has 0 aromatic heterocycles. The third kappa shape index (κ3) is 6.16. The molecule has 38 heavy (non-hydrogen) atoms. The van der Waals surface area contributed by atoms with Crippen LogP contribution >= 0.6 is 11.8 Å². The van der Waals surface area contributed by atoms with E-state index in [1.807, 2.05) is 37.3 Å². The Kier molecular flexibility index (Phi) is 8.40. The number of piperidine rings is 1. The molecule has 0 unspecified atom stereocenters. The van der Waals surface area contributed by atoms with Crippen LogP contribution in [-0.4, -0.2) is 35.6 Å². The first kappa shape index (κ1) is 28.4. The molecule has 0 bridgehead atoms. The monoisotopic (exact) mass is 551 g/mol. The molecule has 0 radical (unpaired) electrons. The number of sulfonamides is 1. The Labute approximate surface area is 231 Å². The van der Waals surface area contributed by atoms with Gasteiger partial charge in [0.1, 0.15) is 0 Å². The minimum atomic E-state index is -3.92. The van der Waals surface area contributed by atoms with Crippen LogP contribution in [-0.2, 0) is 26.0 Å². The number of benzene rings is 3. The minimum absolute atomic E-state index is 0.0643. The zero-order valence-corrected chi connectivity index (χ0v) is 24.4. The van der Waals surface area contributed by atoms with E-state index in [4.69, 9.17) is 0 Å². The molecule has 3 aromatic carbocycles. The SMILES string of the molecule is Cc1ccc([C@@H]2C[C@@H](SCc3ccc(C(C)(C)C)cc3)[C@H](C(=O)O)CN2S(=O)(=O)c2ccccc2C)cc1. The highest BCUT2D eigenvalue weighted by molar-refractivity contribution is 7.99. The lowest BCUT2D eigenvalue weighted by Gasteiger charge is -2.42. The van der Waals surface area contributed by atoms with E-state index in [1.165, 1.54) is 9.87 Å². The number of carboxylic acid groups (broad SMARTS) is 1. The predicted octanol–water partition coefficient (Wildman–Crippen LogP) is 6.74. The molecule has 1 aliphatic rings. The Bertz CT molecular complexity index is 1380. The van der Waals surface area contributed by atoms with E-state index < -0.39 is 28.0 Å². The Hall–Kier alpha value is -2.61. The average Bonchev–Trinajstić information content (AvgIpc) is 2.87. The van der Waals surface area contributed by atoms with Crippen LogP contribution in [0.2, 0.25) is 0 Å². The minimum Gasteiger partial charge on any atom is -0.481 e. The van der Waals surface area contributed by atoms with E-state index in [0.29, 0.717) is 17.7 Å². The van der Waals surface area contributed by atoms with E-state index in [-0.39, 0.29) is 22.1 Å². The van der Waals surface area contributed by atoms with Crippen molar-refractivity contribution >= 4 is 27.8 Å². The molecular formula is C31H37NO4S2. The van der Waals surface area contributed by atoms with Crippen LogP contribution < -0.4 is 0 Å². The number of carboxylic acids is 1. The van der Waals surface area contributed by atoms with Crippen molar-refractivity contribution in [1.82, 2.24) is 4.31 Å². The summed E-state index contributed by atoms with van der Waals surface area (Å²) in [5, 5.41) is 9.97. The van der Waals surface area contributed by atoms with Crippen LogP contribution in [0.1, 0.15) is 61.1 Å². The molecule has 0 amide bonds. The highest BCUT2D eigenvalue weighted by Crippen LogP contribution is 2.43. The van der Waals surface area contributed by atoms with E-state index in [0.717, 1.165) is 16.7 Å². The fourth-order valence-corrected chi connectivity index (χ4v) is 8.22. The van der Waals surface area contributed by atoms with Crippen molar-refractivity contribution < 1.29 is 18.3 Å². The molecule has 1 aliphatic heterocycles. The van der Waals surface area contributed by atoms with Gasteiger partial charge in [0.25, 0.3) is 0 Å². The first-order chi connectivity index (χ1) is 17.9. The Morgan fingerprint density at radius 2 is 1.61 bits per heavy atom. The topological polar surface area (TPSA) is 74.7 Å². The highest BCUT2D eigenvalue weighted by Gasteiger charge is 2.45. The van der Waals surface area contributed by atoms with Crippen molar-refractivity contribution in [2.45, 2.75) is 68.4 Å². The van der Waals surface area contributed by atoms with Crippen molar-refractivity contribution in [3.8, 4) is 0 Å². The van der Waals surface area contributed by atoms with Crippen LogP contribution in [0.25, 0.3) is 0 Å². The largest absolute Gasteiger partial charge is 0.481 e. The lowest BCUT2D eigenvalue weighted by atomic mass is 9.87. The third-order valence-electron chi connectivity index (χ3n) is 7.37. The van der Waals surface area contributed by atoms with E-state index in [9.17, 15) is 18.3 Å². The van der Waals surface area contributed by atoms with Gasteiger partial charge >= 0.3 is 5.97 Å². The molecule has 1 N–H and O–H groups in total. The average molecular weight is 552 g/mol. The van der Waals surface area contributed by atoms with E-state index in [2.05, 4.69) is 45.0 Å². The van der Waals surface area contributed by atoms with Gasteiger partial charge in [-0.05, 0) is 54.0 Å². The molecule has 0 aliphatic carbocycles. The zero-order chi connectivity index (χ0) is 27.7. The molecule has 0 spiro atoms. The Balaban J connectivity index is 1.66. The third-order valence-corrected chi connectivity index (χ3v) is 10.9. The van der Waals surface area contributed by atoms with Gasteiger partial charge in [0, 0.05) is 17.5 Å². The fourth-order valence-electron chi connectivity index (χ4n) is 4.99. The number of hydrogen-bond donors (Lipinski definition) is 1. The van der Waals surface area contributed by atoms with Crippen LogP contribution in [0.15, 0.2) is 77.7 Å². The number of nitrogens with zero attached hydrogens (tertiary/aromatic N) is 1. The van der Waals surface area contributed by atoms with Crippen molar-refractivity contribution in [3.05, 3.63) is 101 Å². The predicted molar refractivity (Wildman–Crippen MR) is 155 cm³/mol. The summed E-state index contributed by atoms with van der Waals surface area (Å²) in [4.78, 5) is 12.7. The maximum atomic E-state index is 14.0. The first-order valence-corrected chi connectivity index (χ1v) is 15.4. The van der Waals surface area contributed by atoms with Gasteiger partial charge in [-0.2, -0.15) is 16.1 Å². The second kappa shape index (κ2) is 11.2. The molecular weight excluding hydrogens is 514 g/mol. The number of thioether (sulfide) groups is 1. The molecule has 4 rings (SSSR count). The number of aryl methyl sites for hydroxylation is 2. The summed E-state index contributed by atoms with van der Waals surface area (Å²) in [7, 11) is -3.92. The molecule has 7 heteroatoms. The number of aliphatic carboxylic acids is 1. The normalized spacial score (nSPS) is 20.8. The van der Waals surface area contributed by atoms with Gasteiger partial charge in [-0.1, -0.05) is 93.1 Å². The first-order valence-electron chi connectivity index (χ1n) is 13.0. The van der Waals surface area contributed by atoms with Crippen LogP contribution in [0.5, 0.6) is 0 Å². The van der Waals surface area contributed by atoms with Gasteiger partial charge in [0.05, 0.1) is 16.9 Å². The molecule has 1 saturated heterocycles. The van der Waals surface area contributed by atoms with Crippen LogP contribution in [0.3, 0.4) is 0 Å². The van der Waals surface area contributed by atoms with Gasteiger partial charge in [0.2, 0.25) is 10.0 Å². The highest BCUT2D eigenvalue weighted by atomic mass is 32.2. The fraction of sp³-hybridized carbons (Fsp3) is 0.387. The maximum Gasteiger partial charge on any atom is 0.308 e. The second-order valence-electron chi connectivity index (χ2n) is 11.2. The summed E-state index contributed by atoms with van der Waals surface area (Å²) >= 11 is 1.61. The quantitative estimate of drug-likeness (QED) is 0.352. The summed E-state index contributed by atoms with van der Waals surface area (Å²) in [6.07, 6.45) is 0.426. The van der Waals surface area contributed by atoms with E-state index in [1.54, 1.807) is 36.9 Å². The molecule has 1 fully saturated rings. The summed E-state index contributed by atoms with van der Waals surface area (Å²) in [6, 6.07) is 22.8. The summed E-state index contributed by atoms with van der Waals surface area (Å²) in [5.74, 6) is -1.10. The molecule has 1 heterocycles. The lowest BCUT2D eigenvalue weighted by molar-refractivity contribution is -0.143. The van der Waals surface area contributed by atoms with E-state index >= 15 is 0 Å². The van der Waals surface area contributed by atoms with Crippen molar-refractivity contribution in [2.24, 2.45) is 5.92 Å². The van der Waals surface area contributed by atoms with Crippen molar-refractivity contribution in [2.75, 3.05) is 6.54 Å². The lowest BCUT2D eigenvalue weighted by Crippen LogP contribution is -2.49. The number of rotatable bonds is 7. The second-order valence-corrected chi connectivity index (χ2v) is 14.3. The molecule has 0 saturated carbocycles. The molecule has 3 aromatic rings. The smallest absolute Gasteiger partial charge is 0.308 e. The Morgan fingerprint density at radius 1 is 0.974 bits per heavy atom. The van der Waals surface area contributed by atoms with Crippen LogP contribution in [0, 0.1) is 19.8 Å². The van der Waals surface area contributed by atoms with Gasteiger partial charge in [-0.25, -0.2) is 8.42 Å². The Morgan fingerprint density at radius 3 is 2.18 bits per heavy atom. The maximum absolute atomic E-state index is 14.0. The van der Waals surface area contributed by atoms with Gasteiger partial charge in [0.15, 0.2) is 0 Å². The molecule has 202 valence electrons. The van der Waals surface area contributed by atoms with Crippen LogP contribution in [0.4, 0.5) is 0 Å². The van der Waals surface area contributed by atoms with Gasteiger partial charge < -0.3 is 5.11 Å². The molecule has 5 nitrogen and oxygen atoms in total. The zero-order valence-electron chi connectivity index (χ0n) is 22.7. The molecule has 3 atom stereocenters. The van der Waals surface area contributed by atoms with Crippen molar-refractivity contribution in [3.63, 3.8) is 0 Å². The van der Waals surface area contributed by atoms with Crippen molar-refractivity contribution in [1.29, 1.82) is 0 Å². The summed E-state index contributed by atoms with van der Waals surface area (Å²) < 4.78 is 29.3. The van der Waals surface area contributed by atoms with Gasteiger partial charge in [-0.15, -0.1) is 0 Å². The van der Waals surface area contributed by atoms with Gasteiger partial charge in [-0.3, -0.25) is 4.79 Å². The summed E-state index contributed by atoms with van der Waals surface area (Å²) in [6.45, 7) is 10.2. The standard InChI is InChI=1S/C31H37NO4S2/c1-21-10-14-24(15-11-21)27-18-28(37-20-23-12-16-25(17-13-23)31(3,4)5)26(30(33)34)19-32(27)38(35,36)29-9-7-6-8-22(29)2/h6-17,26-28H,18-20H2,1-5H3,(H,33,34)/t26-,27+,28-/m1/s1. The summed E-state index contributed by atoms with van der Waals surface area (Å²) in [5.41, 5.74) is 5.08. The number of hydrogen-bond acceptors (Lipinski definition) is 4.